The first-order chi connectivity index (χ1) is 10.6. The van der Waals surface area contributed by atoms with Crippen LogP contribution < -0.4 is 4.90 Å². The number of amides is 1. The predicted molar refractivity (Wildman–Crippen MR) is 88.4 cm³/mol. The van der Waals surface area contributed by atoms with Crippen molar-refractivity contribution in [1.29, 1.82) is 0 Å². The van der Waals surface area contributed by atoms with Gasteiger partial charge >= 0.3 is 0 Å². The summed E-state index contributed by atoms with van der Waals surface area (Å²) in [6, 6.07) is 11.3. The summed E-state index contributed by atoms with van der Waals surface area (Å²) in [7, 11) is 0. The summed E-state index contributed by atoms with van der Waals surface area (Å²) in [6.07, 6.45) is 0. The Morgan fingerprint density at radius 2 is 2.09 bits per heavy atom. The second kappa shape index (κ2) is 6.02. The predicted octanol–water partition coefficient (Wildman–Crippen LogP) is 4.76. The first kappa shape index (κ1) is 14.9. The second-order valence-electron chi connectivity index (χ2n) is 4.64. The molecule has 1 heterocycles. The molecule has 3 aromatic rings. The van der Waals surface area contributed by atoms with Crippen molar-refractivity contribution < 1.29 is 9.18 Å². The first-order valence-electron chi connectivity index (χ1n) is 6.72. The molecule has 1 amide bonds. The number of nitrogens with zero attached hydrogens (tertiary/aromatic N) is 2. The zero-order chi connectivity index (χ0) is 15.7. The molecular weight excluding hydrogens is 323 g/mol. The zero-order valence-corrected chi connectivity index (χ0v) is 13.3. The summed E-state index contributed by atoms with van der Waals surface area (Å²) >= 11 is 7.34. The van der Waals surface area contributed by atoms with Gasteiger partial charge in [0.05, 0.1) is 15.8 Å². The lowest BCUT2D eigenvalue weighted by Gasteiger charge is -2.17. The Balaban J connectivity index is 2.02. The van der Waals surface area contributed by atoms with Crippen molar-refractivity contribution in [2.24, 2.45) is 0 Å². The lowest BCUT2D eigenvalue weighted by Crippen LogP contribution is -2.31. The summed E-state index contributed by atoms with van der Waals surface area (Å²) in [6.45, 7) is 2.23. The number of hydrogen-bond acceptors (Lipinski definition) is 3. The molecule has 0 aliphatic carbocycles. The molecule has 0 aliphatic rings. The van der Waals surface area contributed by atoms with E-state index in [-0.39, 0.29) is 5.56 Å². The van der Waals surface area contributed by atoms with Gasteiger partial charge in [-0.25, -0.2) is 9.37 Å². The number of thiazole rings is 1. The number of fused-ring (bicyclic) bond motifs is 1. The number of carbonyl (C=O) groups is 1. The van der Waals surface area contributed by atoms with E-state index in [9.17, 15) is 9.18 Å². The Kier molecular flexibility index (Phi) is 4.09. The topological polar surface area (TPSA) is 33.2 Å². The number of aromatic nitrogens is 1. The third-order valence-electron chi connectivity index (χ3n) is 3.23. The van der Waals surface area contributed by atoms with Gasteiger partial charge in [0.1, 0.15) is 5.82 Å². The van der Waals surface area contributed by atoms with E-state index in [1.165, 1.54) is 28.4 Å². The Bertz CT molecular complexity index is 849. The lowest BCUT2D eigenvalue weighted by molar-refractivity contribution is 0.0984. The van der Waals surface area contributed by atoms with Crippen molar-refractivity contribution in [3.63, 3.8) is 0 Å². The van der Waals surface area contributed by atoms with Crippen molar-refractivity contribution in [2.75, 3.05) is 11.4 Å². The van der Waals surface area contributed by atoms with E-state index >= 15 is 0 Å². The molecule has 0 aliphatic heterocycles. The number of carbonyl (C=O) groups excluding carboxylic acids is 1. The van der Waals surface area contributed by atoms with Crippen LogP contribution in [0.15, 0.2) is 42.5 Å². The van der Waals surface area contributed by atoms with Crippen LogP contribution in [0.25, 0.3) is 10.2 Å². The van der Waals surface area contributed by atoms with Gasteiger partial charge in [0, 0.05) is 11.6 Å². The SMILES string of the molecule is CCN(C(=O)c1ccccc1F)c1nc2cc(Cl)ccc2s1. The minimum atomic E-state index is -0.532. The van der Waals surface area contributed by atoms with E-state index in [1.807, 2.05) is 13.0 Å². The first-order valence-corrected chi connectivity index (χ1v) is 7.92. The molecule has 0 atom stereocenters. The van der Waals surface area contributed by atoms with Gasteiger partial charge in [0.15, 0.2) is 5.13 Å². The maximum atomic E-state index is 13.8. The highest BCUT2D eigenvalue weighted by molar-refractivity contribution is 7.22. The molecule has 1 aromatic heterocycles. The fraction of sp³-hybridized carbons (Fsp3) is 0.125. The summed E-state index contributed by atoms with van der Waals surface area (Å²) in [5.74, 6) is -0.930. The van der Waals surface area contributed by atoms with Crippen LogP contribution in [0.5, 0.6) is 0 Å². The molecule has 0 radical (unpaired) electrons. The van der Waals surface area contributed by atoms with E-state index in [4.69, 9.17) is 11.6 Å². The van der Waals surface area contributed by atoms with Crippen LogP contribution in [0.2, 0.25) is 5.02 Å². The summed E-state index contributed by atoms with van der Waals surface area (Å²) in [4.78, 5) is 18.5. The summed E-state index contributed by atoms with van der Waals surface area (Å²) in [5, 5.41) is 1.13. The highest BCUT2D eigenvalue weighted by atomic mass is 35.5. The average Bonchev–Trinajstić information content (AvgIpc) is 2.90. The monoisotopic (exact) mass is 334 g/mol. The van der Waals surface area contributed by atoms with Gasteiger partial charge in [-0.2, -0.15) is 0 Å². The maximum Gasteiger partial charge on any atom is 0.263 e. The van der Waals surface area contributed by atoms with E-state index in [0.29, 0.717) is 16.7 Å². The smallest absolute Gasteiger partial charge is 0.263 e. The van der Waals surface area contributed by atoms with Crippen LogP contribution in [0.3, 0.4) is 0 Å². The van der Waals surface area contributed by atoms with Gasteiger partial charge in [-0.05, 0) is 37.3 Å². The van der Waals surface area contributed by atoms with Crippen LogP contribution in [-0.4, -0.2) is 17.4 Å². The highest BCUT2D eigenvalue weighted by Crippen LogP contribution is 2.31. The normalized spacial score (nSPS) is 10.9. The average molecular weight is 335 g/mol. The summed E-state index contributed by atoms with van der Waals surface area (Å²) in [5.41, 5.74) is 0.772. The molecule has 0 saturated carbocycles. The highest BCUT2D eigenvalue weighted by Gasteiger charge is 2.22. The molecule has 0 bridgehead atoms. The van der Waals surface area contributed by atoms with Crippen LogP contribution >= 0.6 is 22.9 Å². The molecule has 3 rings (SSSR count). The van der Waals surface area contributed by atoms with Crippen LogP contribution in [0.4, 0.5) is 9.52 Å². The number of halogens is 2. The summed E-state index contributed by atoms with van der Waals surface area (Å²) < 4.78 is 14.8. The second-order valence-corrected chi connectivity index (χ2v) is 6.08. The number of rotatable bonds is 3. The molecule has 2 aromatic carbocycles. The van der Waals surface area contributed by atoms with E-state index in [2.05, 4.69) is 4.98 Å². The molecule has 0 spiro atoms. The maximum absolute atomic E-state index is 13.8. The minimum absolute atomic E-state index is 0.0432. The van der Waals surface area contributed by atoms with Crippen LogP contribution in [0.1, 0.15) is 17.3 Å². The van der Waals surface area contributed by atoms with Crippen LogP contribution in [0, 0.1) is 5.82 Å². The minimum Gasteiger partial charge on any atom is -0.284 e. The van der Waals surface area contributed by atoms with Gasteiger partial charge < -0.3 is 0 Å². The van der Waals surface area contributed by atoms with Gasteiger partial charge in [-0.3, -0.25) is 9.69 Å². The van der Waals surface area contributed by atoms with Gasteiger partial charge in [0.2, 0.25) is 0 Å². The van der Waals surface area contributed by atoms with Crippen molar-refractivity contribution in [2.45, 2.75) is 6.92 Å². The number of benzene rings is 2. The van der Waals surface area contributed by atoms with E-state index in [1.54, 1.807) is 24.3 Å². The quantitative estimate of drug-likeness (QED) is 0.692. The van der Waals surface area contributed by atoms with Gasteiger partial charge in [-0.1, -0.05) is 35.1 Å². The fourth-order valence-electron chi connectivity index (χ4n) is 2.15. The molecule has 6 heteroatoms. The Morgan fingerprint density at radius 1 is 1.32 bits per heavy atom. The number of anilines is 1. The molecule has 22 heavy (non-hydrogen) atoms. The Hall–Kier alpha value is -1.98. The third kappa shape index (κ3) is 2.69. The van der Waals surface area contributed by atoms with Crippen molar-refractivity contribution in [1.82, 2.24) is 4.98 Å². The molecule has 0 saturated heterocycles. The Morgan fingerprint density at radius 3 is 2.82 bits per heavy atom. The third-order valence-corrected chi connectivity index (χ3v) is 4.53. The molecular formula is C16H12ClFN2OS. The fourth-order valence-corrected chi connectivity index (χ4v) is 3.32. The van der Waals surface area contributed by atoms with Gasteiger partial charge in [0.25, 0.3) is 5.91 Å². The largest absolute Gasteiger partial charge is 0.284 e. The zero-order valence-electron chi connectivity index (χ0n) is 11.7. The molecule has 0 fully saturated rings. The van der Waals surface area contributed by atoms with Gasteiger partial charge in [-0.15, -0.1) is 0 Å². The molecule has 0 unspecified atom stereocenters. The Labute approximate surface area is 136 Å². The number of hydrogen-bond donors (Lipinski definition) is 0. The van der Waals surface area contributed by atoms with Crippen molar-refractivity contribution >= 4 is 44.2 Å². The molecule has 0 N–H and O–H groups in total. The lowest BCUT2D eigenvalue weighted by atomic mass is 10.2. The molecule has 112 valence electrons. The van der Waals surface area contributed by atoms with E-state index < -0.39 is 11.7 Å². The van der Waals surface area contributed by atoms with Crippen molar-refractivity contribution in [3.8, 4) is 0 Å². The van der Waals surface area contributed by atoms with Crippen molar-refractivity contribution in [3.05, 3.63) is 58.9 Å². The van der Waals surface area contributed by atoms with Crippen LogP contribution in [-0.2, 0) is 0 Å². The van der Waals surface area contributed by atoms with E-state index in [0.717, 1.165) is 10.2 Å². The molecule has 3 nitrogen and oxygen atoms in total. The standard InChI is InChI=1S/C16H12ClFN2OS/c1-2-20(15(21)11-5-3-4-6-12(11)18)16-19-13-9-10(17)7-8-14(13)22-16/h3-9H,2H2,1H3.